The van der Waals surface area contributed by atoms with Gasteiger partial charge in [0.2, 0.25) is 0 Å². The smallest absolute Gasteiger partial charge is 0.119 e. The van der Waals surface area contributed by atoms with E-state index in [0.717, 1.165) is 11.3 Å². The van der Waals surface area contributed by atoms with Crippen molar-refractivity contribution in [3.05, 3.63) is 23.3 Å². The van der Waals surface area contributed by atoms with Gasteiger partial charge in [0.1, 0.15) is 5.75 Å². The first-order valence-corrected chi connectivity index (χ1v) is 3.73. The lowest BCUT2D eigenvalue weighted by atomic mass is 10.1. The van der Waals surface area contributed by atoms with Crippen molar-refractivity contribution < 1.29 is 9.84 Å². The van der Waals surface area contributed by atoms with E-state index in [0.29, 0.717) is 11.3 Å². The highest BCUT2D eigenvalue weighted by atomic mass is 16.5. The van der Waals surface area contributed by atoms with E-state index in [2.05, 4.69) is 0 Å². The minimum absolute atomic E-state index is 0.0517. The van der Waals surface area contributed by atoms with Crippen LogP contribution in [-0.2, 0) is 6.61 Å². The fraction of sp³-hybridized carbons (Fsp3) is 0.333. The Bertz CT molecular complexity index is 284. The summed E-state index contributed by atoms with van der Waals surface area (Å²) >= 11 is 0. The molecule has 3 heteroatoms. The van der Waals surface area contributed by atoms with Crippen LogP contribution in [0.25, 0.3) is 0 Å². The first kappa shape index (κ1) is 8.87. The lowest BCUT2D eigenvalue weighted by Crippen LogP contribution is -1.98. The highest BCUT2D eigenvalue weighted by Gasteiger charge is 2.03. The highest BCUT2D eigenvalue weighted by Crippen LogP contribution is 2.23. The number of hydrogen-bond acceptors (Lipinski definition) is 3. The van der Waals surface area contributed by atoms with Crippen LogP contribution >= 0.6 is 0 Å². The van der Waals surface area contributed by atoms with Crippen molar-refractivity contribution in [1.82, 2.24) is 0 Å². The summed E-state index contributed by atoms with van der Waals surface area (Å²) in [4.78, 5) is 0. The molecule has 3 N–H and O–H groups in total. The summed E-state index contributed by atoms with van der Waals surface area (Å²) in [5, 5.41) is 8.93. The Hall–Kier alpha value is -1.22. The number of rotatable bonds is 2. The van der Waals surface area contributed by atoms with E-state index in [-0.39, 0.29) is 6.61 Å². The number of benzene rings is 1. The minimum Gasteiger partial charge on any atom is -0.497 e. The van der Waals surface area contributed by atoms with Gasteiger partial charge in [0, 0.05) is 11.3 Å². The summed E-state index contributed by atoms with van der Waals surface area (Å²) < 4.78 is 5.03. The van der Waals surface area contributed by atoms with Gasteiger partial charge in [0.05, 0.1) is 13.7 Å². The Morgan fingerprint density at radius 3 is 2.67 bits per heavy atom. The molecule has 0 aliphatic heterocycles. The molecule has 0 heterocycles. The summed E-state index contributed by atoms with van der Waals surface area (Å²) in [5.41, 5.74) is 7.98. The second-order valence-electron chi connectivity index (χ2n) is 2.68. The molecule has 0 amide bonds. The van der Waals surface area contributed by atoms with E-state index in [1.807, 2.05) is 13.0 Å². The minimum atomic E-state index is -0.0517. The zero-order valence-corrected chi connectivity index (χ0v) is 7.29. The second-order valence-corrected chi connectivity index (χ2v) is 2.68. The normalized spacial score (nSPS) is 9.92. The molecule has 0 fully saturated rings. The van der Waals surface area contributed by atoms with Gasteiger partial charge in [-0.15, -0.1) is 0 Å². The zero-order chi connectivity index (χ0) is 9.14. The third kappa shape index (κ3) is 1.51. The number of methoxy groups -OCH3 is 1. The molecule has 0 unspecified atom stereocenters. The standard InChI is InChI=1S/C9H13NO2/c1-6-3-8(12-2)4-7(5-11)9(6)10/h3-4,11H,5,10H2,1-2H3. The lowest BCUT2D eigenvalue weighted by molar-refractivity contribution is 0.281. The van der Waals surface area contributed by atoms with Crippen molar-refractivity contribution in [2.75, 3.05) is 12.8 Å². The first-order chi connectivity index (χ1) is 5.69. The molecule has 1 aromatic rings. The monoisotopic (exact) mass is 167 g/mol. The van der Waals surface area contributed by atoms with Gasteiger partial charge in [-0.25, -0.2) is 0 Å². The molecule has 0 spiro atoms. The molecule has 0 bridgehead atoms. The van der Waals surface area contributed by atoms with Crippen LogP contribution in [0.5, 0.6) is 5.75 Å². The molecule has 1 rings (SSSR count). The molecule has 0 saturated heterocycles. The first-order valence-electron chi connectivity index (χ1n) is 3.73. The van der Waals surface area contributed by atoms with Crippen molar-refractivity contribution in [2.24, 2.45) is 0 Å². The summed E-state index contributed by atoms with van der Waals surface area (Å²) in [6.45, 7) is 1.83. The van der Waals surface area contributed by atoms with Crippen LogP contribution in [0.2, 0.25) is 0 Å². The number of nitrogen functional groups attached to an aromatic ring is 1. The van der Waals surface area contributed by atoms with Gasteiger partial charge >= 0.3 is 0 Å². The molecular formula is C9H13NO2. The van der Waals surface area contributed by atoms with Crippen LogP contribution in [0.15, 0.2) is 12.1 Å². The van der Waals surface area contributed by atoms with Crippen molar-refractivity contribution in [3.8, 4) is 5.75 Å². The van der Waals surface area contributed by atoms with E-state index < -0.39 is 0 Å². The maximum Gasteiger partial charge on any atom is 0.119 e. The maximum atomic E-state index is 8.93. The third-order valence-corrected chi connectivity index (χ3v) is 1.85. The number of aryl methyl sites for hydroxylation is 1. The highest BCUT2D eigenvalue weighted by molar-refractivity contribution is 5.56. The Morgan fingerprint density at radius 1 is 1.50 bits per heavy atom. The molecule has 0 radical (unpaired) electrons. The summed E-state index contributed by atoms with van der Waals surface area (Å²) in [6, 6.07) is 3.58. The topological polar surface area (TPSA) is 55.5 Å². The zero-order valence-electron chi connectivity index (χ0n) is 7.29. The predicted octanol–water partition coefficient (Wildman–Crippen LogP) is 1.08. The van der Waals surface area contributed by atoms with Crippen molar-refractivity contribution in [3.63, 3.8) is 0 Å². The Balaban J connectivity index is 3.19. The number of nitrogens with two attached hydrogens (primary N) is 1. The van der Waals surface area contributed by atoms with Gasteiger partial charge in [-0.1, -0.05) is 0 Å². The van der Waals surface area contributed by atoms with E-state index in [4.69, 9.17) is 15.6 Å². The molecule has 0 aliphatic carbocycles. The number of aliphatic hydroxyl groups excluding tert-OH is 1. The van der Waals surface area contributed by atoms with Gasteiger partial charge in [0.25, 0.3) is 0 Å². The van der Waals surface area contributed by atoms with Crippen LogP contribution in [0.3, 0.4) is 0 Å². The van der Waals surface area contributed by atoms with Crippen LogP contribution in [0, 0.1) is 6.92 Å². The average Bonchev–Trinajstić information content (AvgIpc) is 2.09. The van der Waals surface area contributed by atoms with Gasteiger partial charge in [-0.2, -0.15) is 0 Å². The van der Waals surface area contributed by atoms with Crippen LogP contribution in [0.4, 0.5) is 5.69 Å². The number of anilines is 1. The molecule has 0 atom stereocenters. The molecule has 0 saturated carbocycles. The largest absolute Gasteiger partial charge is 0.497 e. The maximum absolute atomic E-state index is 8.93. The third-order valence-electron chi connectivity index (χ3n) is 1.85. The van der Waals surface area contributed by atoms with Crippen molar-refractivity contribution in [1.29, 1.82) is 0 Å². The Morgan fingerprint density at radius 2 is 2.17 bits per heavy atom. The summed E-state index contributed by atoms with van der Waals surface area (Å²) in [6.07, 6.45) is 0. The van der Waals surface area contributed by atoms with Crippen LogP contribution < -0.4 is 10.5 Å². The average molecular weight is 167 g/mol. The number of aliphatic hydroxyl groups is 1. The fourth-order valence-corrected chi connectivity index (χ4v) is 1.08. The quantitative estimate of drug-likeness (QED) is 0.648. The molecule has 66 valence electrons. The SMILES string of the molecule is COc1cc(C)c(N)c(CO)c1. The summed E-state index contributed by atoms with van der Waals surface area (Å²) in [7, 11) is 1.59. The summed E-state index contributed by atoms with van der Waals surface area (Å²) in [5.74, 6) is 0.728. The van der Waals surface area contributed by atoms with Gasteiger partial charge in [-0.3, -0.25) is 0 Å². The number of ether oxygens (including phenoxy) is 1. The Labute approximate surface area is 71.8 Å². The fourth-order valence-electron chi connectivity index (χ4n) is 1.08. The van der Waals surface area contributed by atoms with E-state index in [1.165, 1.54) is 0 Å². The molecule has 0 aliphatic rings. The van der Waals surface area contributed by atoms with Crippen molar-refractivity contribution in [2.45, 2.75) is 13.5 Å². The van der Waals surface area contributed by atoms with E-state index in [1.54, 1.807) is 13.2 Å². The van der Waals surface area contributed by atoms with Crippen molar-refractivity contribution >= 4 is 5.69 Å². The van der Waals surface area contributed by atoms with Crippen LogP contribution in [-0.4, -0.2) is 12.2 Å². The lowest BCUT2D eigenvalue weighted by Gasteiger charge is -2.08. The molecule has 3 nitrogen and oxygen atoms in total. The Kier molecular flexibility index (Phi) is 2.55. The predicted molar refractivity (Wildman–Crippen MR) is 48.1 cm³/mol. The molecule has 12 heavy (non-hydrogen) atoms. The van der Waals surface area contributed by atoms with E-state index in [9.17, 15) is 0 Å². The number of hydrogen-bond donors (Lipinski definition) is 2. The molecule has 0 aromatic heterocycles. The van der Waals surface area contributed by atoms with Gasteiger partial charge in [0.15, 0.2) is 0 Å². The molecular weight excluding hydrogens is 154 g/mol. The van der Waals surface area contributed by atoms with Gasteiger partial charge in [-0.05, 0) is 24.6 Å². The van der Waals surface area contributed by atoms with Crippen LogP contribution in [0.1, 0.15) is 11.1 Å². The molecule has 1 aromatic carbocycles. The van der Waals surface area contributed by atoms with E-state index >= 15 is 0 Å². The van der Waals surface area contributed by atoms with Gasteiger partial charge < -0.3 is 15.6 Å². The second kappa shape index (κ2) is 3.45.